The zero-order chi connectivity index (χ0) is 22.9. The van der Waals surface area contributed by atoms with Crippen molar-refractivity contribution in [3.63, 3.8) is 0 Å². The van der Waals surface area contributed by atoms with E-state index in [1.54, 1.807) is 0 Å². The summed E-state index contributed by atoms with van der Waals surface area (Å²) in [5.74, 6) is 0. The predicted octanol–water partition coefficient (Wildman–Crippen LogP) is 9.67. The number of rotatable bonds is 10. The van der Waals surface area contributed by atoms with Crippen LogP contribution in [0.2, 0.25) is 0 Å². The zero-order valence-electron chi connectivity index (χ0n) is 20.7. The maximum atomic E-state index is 5.19. The third kappa shape index (κ3) is 11.9. The Morgan fingerprint density at radius 1 is 0.727 bits per heavy atom. The van der Waals surface area contributed by atoms with Crippen molar-refractivity contribution >= 4 is 19.2 Å². The molecule has 0 radical (unpaired) electrons. The van der Waals surface area contributed by atoms with Crippen LogP contribution in [-0.4, -0.2) is 18.5 Å². The summed E-state index contributed by atoms with van der Waals surface area (Å²) in [6, 6.07) is 20.6. The topological polar surface area (TPSA) is 12.4 Å². The molecule has 0 unspecified atom stereocenters. The molecule has 33 heavy (non-hydrogen) atoms. The van der Waals surface area contributed by atoms with Gasteiger partial charge in [-0.15, -0.1) is 0 Å². The molecule has 0 fully saturated rings. The number of hydrogen-bond acceptors (Lipinski definition) is 1. The summed E-state index contributed by atoms with van der Waals surface area (Å²) >= 11 is 0. The predicted molar refractivity (Wildman–Crippen MR) is 148 cm³/mol. The Labute approximate surface area is 217 Å². The Hall–Kier alpha value is -1.66. The molecule has 0 heterocycles. The van der Waals surface area contributed by atoms with Crippen LogP contribution in [0.5, 0.6) is 0 Å². The van der Waals surface area contributed by atoms with Gasteiger partial charge in [-0.1, -0.05) is 137 Å². The van der Waals surface area contributed by atoms with Crippen LogP contribution < -0.4 is 0 Å². The van der Waals surface area contributed by atoms with Crippen LogP contribution in [-0.2, 0) is 21.7 Å². The molecule has 1 nitrogen and oxygen atoms in total. The molecule has 2 aromatic carbocycles. The molecule has 3 heteroatoms. The number of hydrogen-bond donors (Lipinski definition) is 0. The summed E-state index contributed by atoms with van der Waals surface area (Å²) < 4.78 is 5.19. The van der Waals surface area contributed by atoms with Crippen LogP contribution >= 0.6 is 7.05 Å². The number of benzene rings is 2. The Bertz CT molecular complexity index is 869. The van der Waals surface area contributed by atoms with Crippen molar-refractivity contribution in [3.05, 3.63) is 108 Å². The van der Waals surface area contributed by atoms with Crippen molar-refractivity contribution < 1.29 is 21.7 Å². The molecule has 2 aromatic rings. The summed E-state index contributed by atoms with van der Waals surface area (Å²) in [6.45, 7) is 6.91. The van der Waals surface area contributed by atoms with Crippen LogP contribution in [0.1, 0.15) is 57.6 Å². The first-order chi connectivity index (χ1) is 15.7. The van der Waals surface area contributed by atoms with Crippen LogP contribution in [0.3, 0.4) is 0 Å². The van der Waals surface area contributed by atoms with Gasteiger partial charge in [0.15, 0.2) is 0 Å². The minimum Gasteiger partial charge on any atom is -0.272 e. The van der Waals surface area contributed by atoms with Gasteiger partial charge in [-0.3, -0.25) is 4.74 Å². The van der Waals surface area contributed by atoms with E-state index in [-0.39, 0.29) is 21.7 Å². The Kier molecular flexibility index (Phi) is 15.8. The van der Waals surface area contributed by atoms with E-state index >= 15 is 0 Å². The molecule has 0 spiro atoms. The van der Waals surface area contributed by atoms with Gasteiger partial charge in [0.2, 0.25) is 0 Å². The second kappa shape index (κ2) is 17.8. The van der Waals surface area contributed by atoms with Gasteiger partial charge in [0.25, 0.3) is 0 Å². The van der Waals surface area contributed by atoms with Crippen molar-refractivity contribution in [1.82, 2.24) is 0 Å². The van der Waals surface area contributed by atoms with Gasteiger partial charge in [0.05, 0.1) is 0 Å². The monoisotopic (exact) mass is 493 g/mol. The van der Waals surface area contributed by atoms with Crippen molar-refractivity contribution in [2.45, 2.75) is 46.5 Å². The normalized spacial score (nSPS) is 12.9. The van der Waals surface area contributed by atoms with Gasteiger partial charge >= 0.3 is 0 Å². The summed E-state index contributed by atoms with van der Waals surface area (Å²) in [5.41, 5.74) is 3.78. The first-order valence-electron chi connectivity index (χ1n) is 12.1. The molecule has 0 bridgehead atoms. The molecule has 0 saturated carbocycles. The fraction of sp³-hybridized carbons (Fsp3) is 0.333. The number of nitrogens with zero attached hydrogens (tertiary/aromatic N) is 1. The maximum Gasteiger partial charge on any atom is 0.0425 e. The van der Waals surface area contributed by atoms with Crippen LogP contribution in [0.15, 0.2) is 101 Å². The van der Waals surface area contributed by atoms with E-state index in [0.29, 0.717) is 0 Å². The van der Waals surface area contributed by atoms with Crippen molar-refractivity contribution in [2.24, 2.45) is 4.74 Å². The van der Waals surface area contributed by atoms with E-state index < -0.39 is 7.05 Å². The zero-order valence-corrected chi connectivity index (χ0v) is 23.1. The van der Waals surface area contributed by atoms with Gasteiger partial charge in [-0.05, 0) is 42.7 Å². The quantitative estimate of drug-likeness (QED) is 0.177. The molecule has 0 saturated heterocycles. The fourth-order valence-electron chi connectivity index (χ4n) is 3.98. The van der Waals surface area contributed by atoms with E-state index in [4.69, 9.17) is 4.74 Å². The standard InChI is InChI=1S/C16H14.C14H26NP.Ti/c1-3-9-15(10-4-1)13-7-8-14-16-11-5-2-6-12-16;1-4-11-16(12-5-2,13-6-3)15-14-9-7-8-10-14;/h1-14H;7-9H,4-6,10-13H2,1-3H3;. The van der Waals surface area contributed by atoms with E-state index in [1.807, 2.05) is 36.4 Å². The molecule has 0 atom stereocenters. The first-order valence-corrected chi connectivity index (χ1v) is 14.4. The van der Waals surface area contributed by atoms with E-state index in [1.165, 1.54) is 54.6 Å². The van der Waals surface area contributed by atoms with Gasteiger partial charge in [-0.25, -0.2) is 0 Å². The molecular weight excluding hydrogens is 453 g/mol. The largest absolute Gasteiger partial charge is 0.272 e. The summed E-state index contributed by atoms with van der Waals surface area (Å²) in [4.78, 5) is 0. The molecule has 0 aromatic heterocycles. The Morgan fingerprint density at radius 2 is 1.18 bits per heavy atom. The first kappa shape index (κ1) is 29.4. The summed E-state index contributed by atoms with van der Waals surface area (Å²) in [6.07, 6.45) is 23.9. The van der Waals surface area contributed by atoms with Crippen LogP contribution in [0, 0.1) is 0 Å². The third-order valence-electron chi connectivity index (χ3n) is 5.30. The van der Waals surface area contributed by atoms with Crippen molar-refractivity contribution in [3.8, 4) is 0 Å². The van der Waals surface area contributed by atoms with Gasteiger partial charge in [0, 0.05) is 33.8 Å². The molecule has 3 rings (SSSR count). The van der Waals surface area contributed by atoms with Crippen molar-refractivity contribution in [2.75, 3.05) is 18.5 Å². The maximum absolute atomic E-state index is 5.19. The molecule has 0 amide bonds. The fourth-order valence-corrected chi connectivity index (χ4v) is 8.14. The van der Waals surface area contributed by atoms with Crippen LogP contribution in [0.4, 0.5) is 0 Å². The second-order valence-corrected chi connectivity index (χ2v) is 11.9. The Morgan fingerprint density at radius 3 is 1.55 bits per heavy atom. The minimum absolute atomic E-state index is 0. The number of allylic oxidation sites excluding steroid dienone is 5. The summed E-state index contributed by atoms with van der Waals surface area (Å²) in [7, 11) is -1.03. The van der Waals surface area contributed by atoms with E-state index in [9.17, 15) is 0 Å². The molecule has 0 aliphatic heterocycles. The van der Waals surface area contributed by atoms with Gasteiger partial charge in [-0.2, -0.15) is 0 Å². The minimum atomic E-state index is -1.03. The van der Waals surface area contributed by atoms with Crippen LogP contribution in [0.25, 0.3) is 12.2 Å². The molecule has 1 aliphatic rings. The van der Waals surface area contributed by atoms with Crippen molar-refractivity contribution in [1.29, 1.82) is 0 Å². The molecule has 174 valence electrons. The second-order valence-electron chi connectivity index (χ2n) is 8.20. The average Bonchev–Trinajstić information content (AvgIpc) is 3.32. The molecular formula is C30H40NPTi. The van der Waals surface area contributed by atoms with Gasteiger partial charge in [0.1, 0.15) is 0 Å². The van der Waals surface area contributed by atoms with Gasteiger partial charge < -0.3 is 0 Å². The van der Waals surface area contributed by atoms with E-state index in [2.05, 4.69) is 87.6 Å². The smallest absolute Gasteiger partial charge is 0.0425 e. The SMILES string of the molecule is C(C=Cc1ccccc1)=Cc1ccccc1.CCCP(CCC)(CCC)=NC1=CC=CC1.[Ti]. The van der Waals surface area contributed by atoms with E-state index in [0.717, 1.165) is 6.42 Å². The Balaban J connectivity index is 0.000000320. The molecule has 1 aliphatic carbocycles. The third-order valence-corrected chi connectivity index (χ3v) is 9.82. The summed E-state index contributed by atoms with van der Waals surface area (Å²) in [5, 5.41) is 0. The molecule has 0 N–H and O–H groups in total. The average molecular weight is 493 g/mol.